The van der Waals surface area contributed by atoms with Crippen molar-refractivity contribution in [1.82, 2.24) is 9.88 Å². The SMILES string of the molecule is COC(=O)c1ccc2c(c1)CN(C(=O)C=Cc1ccc(OCc3ccccn3)cc1)CC2. The fourth-order valence-electron chi connectivity index (χ4n) is 3.58. The average molecular weight is 428 g/mol. The highest BCUT2D eigenvalue weighted by atomic mass is 16.5. The summed E-state index contributed by atoms with van der Waals surface area (Å²) in [5.74, 6) is 0.311. The van der Waals surface area contributed by atoms with Gasteiger partial charge in [-0.15, -0.1) is 0 Å². The normalized spacial score (nSPS) is 13.0. The molecule has 0 N–H and O–H groups in total. The zero-order chi connectivity index (χ0) is 22.3. The Balaban J connectivity index is 1.34. The van der Waals surface area contributed by atoms with Crippen molar-refractivity contribution >= 4 is 18.0 Å². The van der Waals surface area contributed by atoms with Gasteiger partial charge < -0.3 is 14.4 Å². The van der Waals surface area contributed by atoms with Crippen LogP contribution >= 0.6 is 0 Å². The van der Waals surface area contributed by atoms with Crippen LogP contribution in [-0.4, -0.2) is 35.4 Å². The van der Waals surface area contributed by atoms with Crippen molar-refractivity contribution in [2.45, 2.75) is 19.6 Å². The third-order valence-corrected chi connectivity index (χ3v) is 5.36. The number of pyridine rings is 1. The first-order valence-corrected chi connectivity index (χ1v) is 10.4. The van der Waals surface area contributed by atoms with Gasteiger partial charge in [-0.25, -0.2) is 4.79 Å². The lowest BCUT2D eigenvalue weighted by Gasteiger charge is -2.28. The van der Waals surface area contributed by atoms with Gasteiger partial charge in [-0.3, -0.25) is 9.78 Å². The second kappa shape index (κ2) is 9.92. The Hall–Kier alpha value is -3.93. The Morgan fingerprint density at radius 1 is 1.06 bits per heavy atom. The molecular weight excluding hydrogens is 404 g/mol. The summed E-state index contributed by atoms with van der Waals surface area (Å²) in [6, 6.07) is 18.8. The molecule has 0 aliphatic carbocycles. The molecule has 2 aromatic carbocycles. The van der Waals surface area contributed by atoms with Gasteiger partial charge in [0.2, 0.25) is 5.91 Å². The summed E-state index contributed by atoms with van der Waals surface area (Å²) >= 11 is 0. The van der Waals surface area contributed by atoms with E-state index in [2.05, 4.69) is 4.98 Å². The van der Waals surface area contributed by atoms with E-state index in [1.54, 1.807) is 29.3 Å². The topological polar surface area (TPSA) is 68.7 Å². The molecule has 32 heavy (non-hydrogen) atoms. The number of rotatable bonds is 6. The lowest BCUT2D eigenvalue weighted by molar-refractivity contribution is -0.126. The molecule has 0 atom stereocenters. The van der Waals surface area contributed by atoms with Crippen molar-refractivity contribution in [3.63, 3.8) is 0 Å². The third-order valence-electron chi connectivity index (χ3n) is 5.36. The van der Waals surface area contributed by atoms with E-state index >= 15 is 0 Å². The standard InChI is InChI=1S/C26H24N2O4/c1-31-26(30)21-9-8-20-13-15-28(17-22(20)16-21)25(29)12-7-19-5-10-24(11-6-19)32-18-23-4-2-3-14-27-23/h2-12,14,16H,13,15,17-18H2,1H3. The summed E-state index contributed by atoms with van der Waals surface area (Å²) < 4.78 is 10.5. The molecule has 0 radical (unpaired) electrons. The van der Waals surface area contributed by atoms with Gasteiger partial charge in [0.1, 0.15) is 12.4 Å². The van der Waals surface area contributed by atoms with Crippen molar-refractivity contribution in [2.24, 2.45) is 0 Å². The van der Waals surface area contributed by atoms with Crippen molar-refractivity contribution in [1.29, 1.82) is 0 Å². The van der Waals surface area contributed by atoms with E-state index in [0.717, 1.165) is 34.6 Å². The van der Waals surface area contributed by atoms with Crippen LogP contribution in [0, 0.1) is 0 Å². The maximum Gasteiger partial charge on any atom is 0.337 e. The fraction of sp³-hybridized carbons (Fsp3) is 0.192. The number of methoxy groups -OCH3 is 1. The fourth-order valence-corrected chi connectivity index (χ4v) is 3.58. The highest BCUT2D eigenvalue weighted by Crippen LogP contribution is 2.21. The van der Waals surface area contributed by atoms with Crippen LogP contribution < -0.4 is 4.74 Å². The van der Waals surface area contributed by atoms with Crippen LogP contribution in [0.2, 0.25) is 0 Å². The molecule has 1 aliphatic heterocycles. The van der Waals surface area contributed by atoms with Gasteiger partial charge in [-0.2, -0.15) is 0 Å². The summed E-state index contributed by atoms with van der Waals surface area (Å²) in [5.41, 5.74) is 4.42. The van der Waals surface area contributed by atoms with E-state index in [-0.39, 0.29) is 11.9 Å². The van der Waals surface area contributed by atoms with Gasteiger partial charge in [0.25, 0.3) is 0 Å². The molecule has 0 bridgehead atoms. The predicted octanol–water partition coefficient (Wildman–Crippen LogP) is 4.05. The number of amides is 1. The van der Waals surface area contributed by atoms with Crippen molar-refractivity contribution in [2.75, 3.05) is 13.7 Å². The van der Waals surface area contributed by atoms with Gasteiger partial charge in [0.15, 0.2) is 0 Å². The molecule has 3 aromatic rings. The summed E-state index contributed by atoms with van der Waals surface area (Å²) in [6.45, 7) is 1.53. The highest BCUT2D eigenvalue weighted by Gasteiger charge is 2.20. The van der Waals surface area contributed by atoms with Crippen LogP contribution in [0.1, 0.15) is 32.7 Å². The molecule has 0 fully saturated rings. The lowest BCUT2D eigenvalue weighted by atomic mass is 9.97. The zero-order valence-electron chi connectivity index (χ0n) is 17.9. The van der Waals surface area contributed by atoms with E-state index < -0.39 is 0 Å². The van der Waals surface area contributed by atoms with Crippen molar-refractivity contribution in [3.8, 4) is 5.75 Å². The van der Waals surface area contributed by atoms with Crippen LogP contribution in [0.25, 0.3) is 6.08 Å². The number of benzene rings is 2. The molecule has 1 aliphatic rings. The summed E-state index contributed by atoms with van der Waals surface area (Å²) in [4.78, 5) is 30.5. The van der Waals surface area contributed by atoms with Gasteiger partial charge in [-0.1, -0.05) is 24.3 Å². The zero-order valence-corrected chi connectivity index (χ0v) is 17.9. The Morgan fingerprint density at radius 2 is 1.91 bits per heavy atom. The number of nitrogens with zero attached hydrogens (tertiary/aromatic N) is 2. The molecule has 162 valence electrons. The predicted molar refractivity (Wildman–Crippen MR) is 121 cm³/mol. The van der Waals surface area contributed by atoms with Gasteiger partial charge in [0.05, 0.1) is 18.4 Å². The van der Waals surface area contributed by atoms with E-state index in [4.69, 9.17) is 9.47 Å². The smallest absolute Gasteiger partial charge is 0.337 e. The van der Waals surface area contributed by atoms with E-state index in [0.29, 0.717) is 25.3 Å². The molecule has 2 heterocycles. The first kappa shape index (κ1) is 21.3. The average Bonchev–Trinajstić information content (AvgIpc) is 2.86. The molecule has 4 rings (SSSR count). The highest BCUT2D eigenvalue weighted by molar-refractivity contribution is 5.92. The minimum atomic E-state index is -0.372. The maximum absolute atomic E-state index is 12.7. The van der Waals surface area contributed by atoms with E-state index in [1.807, 2.05) is 54.6 Å². The molecule has 0 saturated heterocycles. The minimum absolute atomic E-state index is 0.0606. The van der Waals surface area contributed by atoms with Crippen LogP contribution in [0.5, 0.6) is 5.75 Å². The molecule has 0 spiro atoms. The van der Waals surface area contributed by atoms with E-state index in [9.17, 15) is 9.59 Å². The van der Waals surface area contributed by atoms with Crippen molar-refractivity contribution in [3.05, 3.63) is 101 Å². The number of hydrogen-bond donors (Lipinski definition) is 0. The van der Waals surface area contributed by atoms with Crippen LogP contribution in [-0.2, 0) is 29.1 Å². The van der Waals surface area contributed by atoms with Crippen LogP contribution in [0.15, 0.2) is 72.9 Å². The molecule has 0 unspecified atom stereocenters. The Bertz CT molecular complexity index is 1120. The first-order valence-electron chi connectivity index (χ1n) is 10.4. The quantitative estimate of drug-likeness (QED) is 0.438. The van der Waals surface area contributed by atoms with Crippen LogP contribution in [0.4, 0.5) is 0 Å². The number of fused-ring (bicyclic) bond motifs is 1. The number of esters is 1. The van der Waals surface area contributed by atoms with Gasteiger partial charge in [-0.05, 0) is 65.6 Å². The summed E-state index contributed by atoms with van der Waals surface area (Å²) in [6.07, 6.45) is 5.88. The Kier molecular flexibility index (Phi) is 6.60. The number of ether oxygens (including phenoxy) is 2. The lowest BCUT2D eigenvalue weighted by Crippen LogP contribution is -2.34. The largest absolute Gasteiger partial charge is 0.487 e. The number of aromatic nitrogens is 1. The molecule has 6 heteroatoms. The third kappa shape index (κ3) is 5.21. The molecular formula is C26H24N2O4. The second-order valence-corrected chi connectivity index (χ2v) is 7.50. The Morgan fingerprint density at radius 3 is 2.66 bits per heavy atom. The van der Waals surface area contributed by atoms with Gasteiger partial charge in [0, 0.05) is 25.4 Å². The molecule has 0 saturated carbocycles. The minimum Gasteiger partial charge on any atom is -0.487 e. The number of carbonyl (C=O) groups is 2. The maximum atomic E-state index is 12.7. The number of hydrogen-bond acceptors (Lipinski definition) is 5. The molecule has 1 amide bonds. The second-order valence-electron chi connectivity index (χ2n) is 7.50. The monoisotopic (exact) mass is 428 g/mol. The van der Waals surface area contributed by atoms with Crippen LogP contribution in [0.3, 0.4) is 0 Å². The van der Waals surface area contributed by atoms with Gasteiger partial charge >= 0.3 is 5.97 Å². The van der Waals surface area contributed by atoms with E-state index in [1.165, 1.54) is 7.11 Å². The molecule has 1 aromatic heterocycles. The molecule has 6 nitrogen and oxygen atoms in total. The summed E-state index contributed by atoms with van der Waals surface area (Å²) in [7, 11) is 1.36. The van der Waals surface area contributed by atoms with Crippen molar-refractivity contribution < 1.29 is 19.1 Å². The first-order chi connectivity index (χ1) is 15.6. The summed E-state index contributed by atoms with van der Waals surface area (Å²) in [5, 5.41) is 0. The number of carbonyl (C=O) groups excluding carboxylic acids is 2. The Labute approximate surface area is 187 Å².